The lowest BCUT2D eigenvalue weighted by atomic mass is 9.99. The summed E-state index contributed by atoms with van der Waals surface area (Å²) in [5.41, 5.74) is 1.86. The van der Waals surface area contributed by atoms with Crippen LogP contribution in [0, 0.1) is 12.8 Å². The third kappa shape index (κ3) is 6.90. The van der Waals surface area contributed by atoms with Crippen molar-refractivity contribution in [2.45, 2.75) is 70.6 Å². The second-order valence-corrected chi connectivity index (χ2v) is 8.62. The second kappa shape index (κ2) is 9.26. The molecule has 0 aliphatic heterocycles. The molecule has 0 radical (unpaired) electrons. The van der Waals surface area contributed by atoms with Gasteiger partial charge in [0.15, 0.2) is 0 Å². The van der Waals surface area contributed by atoms with E-state index in [0.717, 1.165) is 12.2 Å². The van der Waals surface area contributed by atoms with Crippen molar-refractivity contribution in [1.82, 2.24) is 15.5 Å². The summed E-state index contributed by atoms with van der Waals surface area (Å²) < 4.78 is 11.2. The zero-order chi connectivity index (χ0) is 20.0. The van der Waals surface area contributed by atoms with Crippen LogP contribution in [0.2, 0.25) is 0 Å². The Labute approximate surface area is 165 Å². The van der Waals surface area contributed by atoms with E-state index in [1.165, 1.54) is 22.9 Å². The fourth-order valence-corrected chi connectivity index (χ4v) is 3.08. The minimum absolute atomic E-state index is 0.132. The van der Waals surface area contributed by atoms with Crippen molar-refractivity contribution >= 4 is 17.9 Å². The zero-order valence-corrected chi connectivity index (χ0v) is 17.7. The summed E-state index contributed by atoms with van der Waals surface area (Å²) in [6.45, 7) is 11.6. The maximum Gasteiger partial charge on any atom is 0.408 e. The third-order valence-electron chi connectivity index (χ3n) is 4.06. The van der Waals surface area contributed by atoms with Gasteiger partial charge in [0, 0.05) is 5.75 Å². The topological polar surface area (TPSA) is 77.2 Å². The molecule has 148 valence electrons. The highest BCUT2D eigenvalue weighted by atomic mass is 32.2. The monoisotopic (exact) mass is 391 g/mol. The summed E-state index contributed by atoms with van der Waals surface area (Å²) in [6.07, 6.45) is 0.370. The summed E-state index contributed by atoms with van der Waals surface area (Å²) in [5.74, 6) is 1.28. The van der Waals surface area contributed by atoms with Crippen LogP contribution in [0.5, 0.6) is 0 Å². The average Bonchev–Trinajstić information content (AvgIpc) is 3.05. The van der Waals surface area contributed by atoms with Crippen LogP contribution in [0.3, 0.4) is 0 Å². The Morgan fingerprint density at radius 1 is 1.26 bits per heavy atom. The molecule has 2 atom stereocenters. The number of amides is 1. The van der Waals surface area contributed by atoms with Gasteiger partial charge in [-0.25, -0.2) is 4.79 Å². The first kappa shape index (κ1) is 21.3. The summed E-state index contributed by atoms with van der Waals surface area (Å²) in [4.78, 5) is 12.2. The van der Waals surface area contributed by atoms with E-state index >= 15 is 0 Å². The predicted molar refractivity (Wildman–Crippen MR) is 107 cm³/mol. The third-order valence-corrected chi connectivity index (χ3v) is 4.95. The number of benzene rings is 1. The molecule has 2 rings (SSSR count). The molecule has 0 saturated heterocycles. The summed E-state index contributed by atoms with van der Waals surface area (Å²) in [5, 5.41) is 11.6. The van der Waals surface area contributed by atoms with E-state index in [1.807, 2.05) is 27.7 Å². The normalized spacial score (nSPS) is 13.9. The van der Waals surface area contributed by atoms with Crippen molar-refractivity contribution in [2.24, 2.45) is 5.92 Å². The van der Waals surface area contributed by atoms with E-state index in [0.29, 0.717) is 11.1 Å². The van der Waals surface area contributed by atoms with Gasteiger partial charge in [-0.3, -0.25) is 0 Å². The molecular formula is C20H29N3O3S. The van der Waals surface area contributed by atoms with Crippen LogP contribution >= 0.6 is 11.8 Å². The zero-order valence-electron chi connectivity index (χ0n) is 16.9. The molecule has 6 nitrogen and oxygen atoms in total. The molecule has 1 heterocycles. The number of rotatable bonds is 7. The Morgan fingerprint density at radius 2 is 1.93 bits per heavy atom. The van der Waals surface area contributed by atoms with Gasteiger partial charge in [0.05, 0.1) is 0 Å². The fourth-order valence-electron chi connectivity index (χ4n) is 2.35. The van der Waals surface area contributed by atoms with Gasteiger partial charge in [-0.05, 0) is 39.2 Å². The van der Waals surface area contributed by atoms with E-state index in [4.69, 9.17) is 9.15 Å². The molecule has 0 bridgehead atoms. The maximum atomic E-state index is 12.2. The van der Waals surface area contributed by atoms with Gasteiger partial charge in [-0.1, -0.05) is 61.9 Å². The highest BCUT2D eigenvalue weighted by Crippen LogP contribution is 2.28. The van der Waals surface area contributed by atoms with Crippen molar-refractivity contribution in [1.29, 1.82) is 0 Å². The standard InChI is InChI=1S/C20H29N3O3S/c1-7-14(3)16(21-18(24)26-20(4,5)6)17-22-23-19(25-17)27-12-15-10-8-13(2)9-11-15/h8-11,14,16H,7,12H2,1-6H3,(H,21,24). The van der Waals surface area contributed by atoms with E-state index in [1.54, 1.807) is 0 Å². The predicted octanol–water partition coefficient (Wildman–Crippen LogP) is 5.28. The number of aromatic nitrogens is 2. The highest BCUT2D eigenvalue weighted by Gasteiger charge is 2.28. The second-order valence-electron chi connectivity index (χ2n) is 7.69. The summed E-state index contributed by atoms with van der Waals surface area (Å²) >= 11 is 1.48. The number of nitrogens with zero attached hydrogens (tertiary/aromatic N) is 2. The van der Waals surface area contributed by atoms with Gasteiger partial charge >= 0.3 is 6.09 Å². The van der Waals surface area contributed by atoms with Crippen LogP contribution in [0.1, 0.15) is 64.1 Å². The van der Waals surface area contributed by atoms with Crippen LogP contribution in [-0.2, 0) is 10.5 Å². The Hall–Kier alpha value is -2.02. The molecule has 0 aliphatic rings. The lowest BCUT2D eigenvalue weighted by Crippen LogP contribution is -2.37. The molecule has 1 N–H and O–H groups in total. The van der Waals surface area contributed by atoms with Crippen molar-refractivity contribution in [2.75, 3.05) is 0 Å². The van der Waals surface area contributed by atoms with Gasteiger partial charge in [-0.15, -0.1) is 10.2 Å². The van der Waals surface area contributed by atoms with Gasteiger partial charge < -0.3 is 14.5 Å². The molecular weight excluding hydrogens is 362 g/mol. The van der Waals surface area contributed by atoms with Crippen molar-refractivity contribution in [3.05, 3.63) is 41.3 Å². The maximum absolute atomic E-state index is 12.2. The number of thioether (sulfide) groups is 1. The van der Waals surface area contributed by atoms with Crippen molar-refractivity contribution in [3.63, 3.8) is 0 Å². The van der Waals surface area contributed by atoms with Crippen LogP contribution < -0.4 is 5.32 Å². The number of nitrogens with one attached hydrogen (secondary N) is 1. The first-order chi connectivity index (χ1) is 12.7. The van der Waals surface area contributed by atoms with Crippen molar-refractivity contribution < 1.29 is 13.9 Å². The van der Waals surface area contributed by atoms with E-state index in [9.17, 15) is 4.79 Å². The number of alkyl carbamates (subject to hydrolysis) is 1. The van der Waals surface area contributed by atoms with Crippen LogP contribution in [0.4, 0.5) is 4.79 Å². The first-order valence-corrected chi connectivity index (χ1v) is 10.2. The van der Waals surface area contributed by atoms with E-state index < -0.39 is 11.7 Å². The van der Waals surface area contributed by atoms with Gasteiger partial charge in [0.25, 0.3) is 5.22 Å². The average molecular weight is 392 g/mol. The fraction of sp³-hybridized carbons (Fsp3) is 0.550. The van der Waals surface area contributed by atoms with E-state index in [-0.39, 0.29) is 12.0 Å². The number of hydrogen-bond acceptors (Lipinski definition) is 6. The summed E-state index contributed by atoms with van der Waals surface area (Å²) in [6, 6.07) is 7.96. The van der Waals surface area contributed by atoms with Crippen molar-refractivity contribution in [3.8, 4) is 0 Å². The molecule has 27 heavy (non-hydrogen) atoms. The molecule has 2 unspecified atom stereocenters. The minimum atomic E-state index is -0.562. The van der Waals surface area contributed by atoms with Gasteiger partial charge in [-0.2, -0.15) is 0 Å². The van der Waals surface area contributed by atoms with Gasteiger partial charge in [0.2, 0.25) is 5.89 Å². The number of ether oxygens (including phenoxy) is 1. The summed E-state index contributed by atoms with van der Waals surface area (Å²) in [7, 11) is 0. The molecule has 1 aromatic heterocycles. The Bertz CT molecular complexity index is 738. The Morgan fingerprint density at radius 3 is 2.52 bits per heavy atom. The molecule has 7 heteroatoms. The van der Waals surface area contributed by atoms with Crippen LogP contribution in [0.15, 0.2) is 33.9 Å². The molecule has 0 aliphatic carbocycles. The molecule has 2 aromatic rings. The lowest BCUT2D eigenvalue weighted by Gasteiger charge is -2.24. The molecule has 0 saturated carbocycles. The largest absolute Gasteiger partial charge is 0.444 e. The minimum Gasteiger partial charge on any atom is -0.444 e. The van der Waals surface area contributed by atoms with Crippen LogP contribution in [-0.4, -0.2) is 21.9 Å². The van der Waals surface area contributed by atoms with E-state index in [2.05, 4.69) is 53.6 Å². The quantitative estimate of drug-likeness (QED) is 0.647. The Balaban J connectivity index is 2.04. The highest BCUT2D eigenvalue weighted by molar-refractivity contribution is 7.98. The number of aryl methyl sites for hydroxylation is 1. The SMILES string of the molecule is CCC(C)C(NC(=O)OC(C)(C)C)c1nnc(SCc2ccc(C)cc2)o1. The van der Waals surface area contributed by atoms with Gasteiger partial charge in [0.1, 0.15) is 11.6 Å². The Kier molecular flexibility index (Phi) is 7.30. The number of carbonyl (C=O) groups is 1. The molecule has 0 fully saturated rings. The molecule has 1 amide bonds. The first-order valence-electron chi connectivity index (χ1n) is 9.19. The number of carbonyl (C=O) groups excluding carboxylic acids is 1. The smallest absolute Gasteiger partial charge is 0.408 e. The molecule has 0 spiro atoms. The lowest BCUT2D eigenvalue weighted by molar-refractivity contribution is 0.0474. The van der Waals surface area contributed by atoms with Crippen LogP contribution in [0.25, 0.3) is 0 Å². The number of hydrogen-bond donors (Lipinski definition) is 1. The molecule has 1 aromatic carbocycles.